The molecule has 0 radical (unpaired) electrons. The first-order chi connectivity index (χ1) is 12.0. The van der Waals surface area contributed by atoms with E-state index in [1.54, 1.807) is 56.6 Å². The number of carbonyl (C=O) groups excluding carboxylic acids is 1. The van der Waals surface area contributed by atoms with E-state index in [4.69, 9.17) is 16.3 Å². The van der Waals surface area contributed by atoms with Crippen LogP contribution in [0, 0.1) is 0 Å². The molecule has 7 heteroatoms. The maximum absolute atomic E-state index is 12.8. The normalized spacial score (nSPS) is 10.7. The van der Waals surface area contributed by atoms with E-state index in [9.17, 15) is 9.59 Å². The predicted molar refractivity (Wildman–Crippen MR) is 96.2 cm³/mol. The highest BCUT2D eigenvalue weighted by Gasteiger charge is 2.19. The van der Waals surface area contributed by atoms with Crippen molar-refractivity contribution in [2.24, 2.45) is 0 Å². The van der Waals surface area contributed by atoms with Crippen molar-refractivity contribution in [1.29, 1.82) is 0 Å². The minimum Gasteiger partial charge on any atom is -0.496 e. The Balaban J connectivity index is 1.95. The van der Waals surface area contributed by atoms with Crippen molar-refractivity contribution >= 4 is 28.3 Å². The molecule has 0 aliphatic heterocycles. The molecule has 6 nitrogen and oxygen atoms in total. The number of halogens is 1. The van der Waals surface area contributed by atoms with Gasteiger partial charge in [-0.15, -0.1) is 0 Å². The number of amides is 1. The van der Waals surface area contributed by atoms with Gasteiger partial charge in [-0.1, -0.05) is 29.8 Å². The summed E-state index contributed by atoms with van der Waals surface area (Å²) in [6.45, 7) is 0.289. The standard InChI is InChI=1S/C18H16ClN3O3/c1-22(10-11-9-12(19)7-8-15(11)25-2)18(24)16-13-5-3-4-6-14(13)17(23)21-20-16/h3-9H,10H2,1-2H3,(H,21,23). The average Bonchev–Trinajstić information content (AvgIpc) is 2.62. The Morgan fingerprint density at radius 1 is 1.24 bits per heavy atom. The molecule has 0 atom stereocenters. The molecule has 1 heterocycles. The van der Waals surface area contributed by atoms with Crippen LogP contribution in [0.4, 0.5) is 0 Å². The molecule has 25 heavy (non-hydrogen) atoms. The number of rotatable bonds is 4. The van der Waals surface area contributed by atoms with Gasteiger partial charge < -0.3 is 9.64 Å². The van der Waals surface area contributed by atoms with E-state index in [-0.39, 0.29) is 23.7 Å². The minimum absolute atomic E-state index is 0.193. The third kappa shape index (κ3) is 3.34. The van der Waals surface area contributed by atoms with Crippen molar-refractivity contribution < 1.29 is 9.53 Å². The SMILES string of the molecule is COc1ccc(Cl)cc1CN(C)C(=O)c1n[nH]c(=O)c2ccccc12. The van der Waals surface area contributed by atoms with Crippen molar-refractivity contribution in [2.75, 3.05) is 14.2 Å². The number of nitrogens with one attached hydrogen (secondary N) is 1. The van der Waals surface area contributed by atoms with Gasteiger partial charge in [0.25, 0.3) is 11.5 Å². The molecule has 0 aliphatic rings. The van der Waals surface area contributed by atoms with Gasteiger partial charge in [-0.25, -0.2) is 5.10 Å². The lowest BCUT2D eigenvalue weighted by Gasteiger charge is -2.19. The quantitative estimate of drug-likeness (QED) is 0.779. The molecule has 0 bridgehead atoms. The highest BCUT2D eigenvalue weighted by atomic mass is 35.5. The molecular formula is C18H16ClN3O3. The number of hydrogen-bond donors (Lipinski definition) is 1. The third-order valence-corrected chi connectivity index (χ3v) is 4.13. The number of fused-ring (bicyclic) bond motifs is 1. The van der Waals surface area contributed by atoms with Crippen molar-refractivity contribution in [2.45, 2.75) is 6.54 Å². The lowest BCUT2D eigenvalue weighted by Crippen LogP contribution is -2.28. The second kappa shape index (κ2) is 6.94. The number of methoxy groups -OCH3 is 1. The van der Waals surface area contributed by atoms with Crippen LogP contribution in [0.15, 0.2) is 47.3 Å². The molecule has 1 aromatic heterocycles. The number of carbonyl (C=O) groups is 1. The van der Waals surface area contributed by atoms with E-state index in [0.29, 0.717) is 21.5 Å². The molecule has 0 saturated carbocycles. The summed E-state index contributed by atoms with van der Waals surface area (Å²) in [5.41, 5.74) is 0.643. The van der Waals surface area contributed by atoms with Gasteiger partial charge >= 0.3 is 0 Å². The second-order valence-electron chi connectivity index (χ2n) is 5.56. The summed E-state index contributed by atoms with van der Waals surface area (Å²) in [7, 11) is 3.22. The number of aromatic amines is 1. The Bertz CT molecular complexity index is 1000. The van der Waals surface area contributed by atoms with Crippen molar-refractivity contribution in [3.8, 4) is 5.75 Å². The lowest BCUT2D eigenvalue weighted by molar-refractivity contribution is 0.0779. The zero-order chi connectivity index (χ0) is 18.0. The summed E-state index contributed by atoms with van der Waals surface area (Å²) in [4.78, 5) is 26.2. The largest absolute Gasteiger partial charge is 0.496 e. The average molecular weight is 358 g/mol. The van der Waals surface area contributed by atoms with Gasteiger partial charge in [-0.3, -0.25) is 9.59 Å². The van der Waals surface area contributed by atoms with E-state index < -0.39 is 0 Å². The van der Waals surface area contributed by atoms with Gasteiger partial charge in [0.15, 0.2) is 5.69 Å². The van der Waals surface area contributed by atoms with Crippen molar-refractivity contribution in [3.05, 3.63) is 69.1 Å². The first-order valence-electron chi connectivity index (χ1n) is 7.56. The van der Waals surface area contributed by atoms with E-state index in [2.05, 4.69) is 10.2 Å². The van der Waals surface area contributed by atoms with E-state index in [1.807, 2.05) is 0 Å². The van der Waals surface area contributed by atoms with Crippen LogP contribution in [-0.4, -0.2) is 35.2 Å². The minimum atomic E-state index is -0.327. The molecule has 0 spiro atoms. The molecule has 0 aliphatic carbocycles. The fourth-order valence-electron chi connectivity index (χ4n) is 2.66. The Morgan fingerprint density at radius 2 is 1.96 bits per heavy atom. The van der Waals surface area contributed by atoms with Crippen LogP contribution in [-0.2, 0) is 6.54 Å². The Labute approximate surface area is 149 Å². The number of hydrogen-bond acceptors (Lipinski definition) is 4. The summed E-state index contributed by atoms with van der Waals surface area (Å²) in [6.07, 6.45) is 0. The zero-order valence-electron chi connectivity index (χ0n) is 13.7. The number of H-pyrrole nitrogens is 1. The fourth-order valence-corrected chi connectivity index (χ4v) is 2.85. The van der Waals surface area contributed by atoms with Crippen LogP contribution in [0.3, 0.4) is 0 Å². The summed E-state index contributed by atoms with van der Waals surface area (Å²) >= 11 is 6.04. The third-order valence-electron chi connectivity index (χ3n) is 3.90. The maximum Gasteiger partial charge on any atom is 0.274 e. The second-order valence-corrected chi connectivity index (χ2v) is 6.00. The van der Waals surface area contributed by atoms with Crippen molar-refractivity contribution in [1.82, 2.24) is 15.1 Å². The molecule has 128 valence electrons. The number of ether oxygens (including phenoxy) is 1. The molecule has 1 amide bonds. The molecule has 0 saturated heterocycles. The first kappa shape index (κ1) is 17.0. The molecule has 0 unspecified atom stereocenters. The molecule has 3 rings (SSSR count). The summed E-state index contributed by atoms with van der Waals surface area (Å²) in [5, 5.41) is 7.82. The van der Waals surface area contributed by atoms with Crippen LogP contribution in [0.5, 0.6) is 5.75 Å². The van der Waals surface area contributed by atoms with E-state index >= 15 is 0 Å². The molecular weight excluding hydrogens is 342 g/mol. The van der Waals surface area contributed by atoms with Gasteiger partial charge in [0.1, 0.15) is 5.75 Å². The van der Waals surface area contributed by atoms with Crippen LogP contribution in [0.2, 0.25) is 5.02 Å². The number of benzene rings is 2. The van der Waals surface area contributed by atoms with E-state index in [0.717, 1.165) is 5.56 Å². The van der Waals surface area contributed by atoms with Crippen molar-refractivity contribution in [3.63, 3.8) is 0 Å². The maximum atomic E-state index is 12.8. The molecule has 3 aromatic rings. The Morgan fingerprint density at radius 3 is 2.68 bits per heavy atom. The Hall–Kier alpha value is -2.86. The Kier molecular flexibility index (Phi) is 4.72. The smallest absolute Gasteiger partial charge is 0.274 e. The highest BCUT2D eigenvalue weighted by Crippen LogP contribution is 2.24. The number of aromatic nitrogens is 2. The first-order valence-corrected chi connectivity index (χ1v) is 7.94. The van der Waals surface area contributed by atoms with Crippen LogP contribution in [0.1, 0.15) is 16.1 Å². The summed E-state index contributed by atoms with van der Waals surface area (Å²) in [5.74, 6) is 0.331. The molecule has 2 aromatic carbocycles. The zero-order valence-corrected chi connectivity index (χ0v) is 14.5. The topological polar surface area (TPSA) is 75.3 Å². The van der Waals surface area contributed by atoms with E-state index in [1.165, 1.54) is 4.90 Å². The van der Waals surface area contributed by atoms with Gasteiger partial charge in [0.2, 0.25) is 0 Å². The lowest BCUT2D eigenvalue weighted by atomic mass is 10.1. The van der Waals surface area contributed by atoms with Gasteiger partial charge in [-0.2, -0.15) is 5.10 Å². The molecule has 0 fully saturated rings. The summed E-state index contributed by atoms with van der Waals surface area (Å²) in [6, 6.07) is 12.1. The van der Waals surface area contributed by atoms with Crippen LogP contribution in [0.25, 0.3) is 10.8 Å². The van der Waals surface area contributed by atoms with Gasteiger partial charge in [-0.05, 0) is 24.3 Å². The number of nitrogens with zero attached hydrogens (tertiary/aromatic N) is 2. The summed E-state index contributed by atoms with van der Waals surface area (Å²) < 4.78 is 5.31. The van der Waals surface area contributed by atoms with Gasteiger partial charge in [0, 0.05) is 29.6 Å². The predicted octanol–water partition coefficient (Wildman–Crippen LogP) is 2.86. The fraction of sp³-hybridized carbons (Fsp3) is 0.167. The van der Waals surface area contributed by atoms with Crippen LogP contribution >= 0.6 is 11.6 Å². The molecule has 1 N–H and O–H groups in total. The van der Waals surface area contributed by atoms with Gasteiger partial charge in [0.05, 0.1) is 12.5 Å². The highest BCUT2D eigenvalue weighted by molar-refractivity contribution is 6.30. The monoisotopic (exact) mass is 357 g/mol. The van der Waals surface area contributed by atoms with Crippen LogP contribution < -0.4 is 10.3 Å².